The molecule has 3 amide bonds. The Balaban J connectivity index is 3.85. The van der Waals surface area contributed by atoms with E-state index in [9.17, 15) is 9.59 Å². The van der Waals surface area contributed by atoms with E-state index in [4.69, 9.17) is 4.74 Å². The van der Waals surface area contributed by atoms with Crippen molar-refractivity contribution in [3.63, 3.8) is 0 Å². The molecule has 0 spiro atoms. The maximum absolute atomic E-state index is 11.5. The number of ether oxygens (including phenoxy) is 1. The number of rotatable bonds is 3. The highest BCUT2D eigenvalue weighted by Gasteiger charge is 2.16. The monoisotopic (exact) mass is 245 g/mol. The van der Waals surface area contributed by atoms with Crippen molar-refractivity contribution in [1.82, 2.24) is 15.1 Å². The molecule has 1 N–H and O–H groups in total. The van der Waals surface area contributed by atoms with E-state index in [-0.39, 0.29) is 6.03 Å². The molecule has 0 bridgehead atoms. The topological polar surface area (TPSA) is 61.9 Å². The number of likely N-dealkylation sites (N-methyl/N-ethyl adjacent to an activating group) is 1. The average molecular weight is 245 g/mol. The van der Waals surface area contributed by atoms with Gasteiger partial charge < -0.3 is 19.9 Å². The van der Waals surface area contributed by atoms with E-state index in [1.165, 1.54) is 9.80 Å². The number of urea groups is 1. The van der Waals surface area contributed by atoms with E-state index in [0.717, 1.165) is 0 Å². The van der Waals surface area contributed by atoms with Crippen LogP contribution < -0.4 is 5.32 Å². The van der Waals surface area contributed by atoms with Gasteiger partial charge in [0, 0.05) is 34.2 Å². The van der Waals surface area contributed by atoms with Crippen molar-refractivity contribution >= 4 is 12.1 Å². The van der Waals surface area contributed by atoms with Gasteiger partial charge in [-0.15, -0.1) is 0 Å². The number of amides is 3. The highest BCUT2D eigenvalue weighted by Crippen LogP contribution is 2.06. The molecular weight excluding hydrogens is 222 g/mol. The predicted molar refractivity (Wildman–Crippen MR) is 65.9 cm³/mol. The first-order valence-corrected chi connectivity index (χ1v) is 5.53. The Morgan fingerprint density at radius 2 is 1.71 bits per heavy atom. The minimum Gasteiger partial charge on any atom is -0.444 e. The molecule has 0 aliphatic rings. The van der Waals surface area contributed by atoms with Gasteiger partial charge in [0.25, 0.3) is 0 Å². The molecular formula is C11H23N3O3. The summed E-state index contributed by atoms with van der Waals surface area (Å²) in [4.78, 5) is 25.8. The Kier molecular flexibility index (Phi) is 5.78. The number of carbonyl (C=O) groups excluding carboxylic acids is 2. The molecule has 100 valence electrons. The largest absolute Gasteiger partial charge is 0.444 e. The Morgan fingerprint density at radius 1 is 1.18 bits per heavy atom. The second-order valence-corrected chi connectivity index (χ2v) is 5.03. The zero-order valence-corrected chi connectivity index (χ0v) is 11.5. The van der Waals surface area contributed by atoms with Gasteiger partial charge in [-0.1, -0.05) is 0 Å². The van der Waals surface area contributed by atoms with Crippen molar-refractivity contribution in [2.45, 2.75) is 26.4 Å². The molecule has 0 radical (unpaired) electrons. The normalized spacial score (nSPS) is 10.7. The highest BCUT2D eigenvalue weighted by molar-refractivity contribution is 5.73. The van der Waals surface area contributed by atoms with Crippen molar-refractivity contribution in [3.8, 4) is 0 Å². The van der Waals surface area contributed by atoms with Crippen LogP contribution in [0, 0.1) is 0 Å². The van der Waals surface area contributed by atoms with Crippen LogP contribution in [0.15, 0.2) is 0 Å². The van der Waals surface area contributed by atoms with E-state index in [2.05, 4.69) is 5.32 Å². The first-order chi connectivity index (χ1) is 7.63. The summed E-state index contributed by atoms with van der Waals surface area (Å²) in [6.07, 6.45) is -0.469. The molecule has 0 rings (SSSR count). The van der Waals surface area contributed by atoms with Crippen LogP contribution in [0.5, 0.6) is 0 Å². The third-order valence-corrected chi connectivity index (χ3v) is 1.82. The SMILES string of the molecule is CN(C)C(=O)N(C)CCNC(=O)OC(C)(C)C. The number of carbonyl (C=O) groups is 2. The summed E-state index contributed by atoms with van der Waals surface area (Å²) in [5.41, 5.74) is -0.505. The van der Waals surface area contributed by atoms with Crippen LogP contribution in [0.4, 0.5) is 9.59 Å². The summed E-state index contributed by atoms with van der Waals surface area (Å²) in [7, 11) is 5.04. The van der Waals surface area contributed by atoms with Crippen molar-refractivity contribution in [2.24, 2.45) is 0 Å². The highest BCUT2D eigenvalue weighted by atomic mass is 16.6. The number of hydrogen-bond donors (Lipinski definition) is 1. The van der Waals surface area contributed by atoms with E-state index in [0.29, 0.717) is 13.1 Å². The summed E-state index contributed by atoms with van der Waals surface area (Å²) < 4.78 is 5.06. The van der Waals surface area contributed by atoms with Crippen LogP contribution in [0.1, 0.15) is 20.8 Å². The Hall–Kier alpha value is -1.46. The van der Waals surface area contributed by atoms with E-state index >= 15 is 0 Å². The van der Waals surface area contributed by atoms with Gasteiger partial charge in [0.1, 0.15) is 5.60 Å². The molecule has 0 heterocycles. The Morgan fingerprint density at radius 3 is 2.12 bits per heavy atom. The average Bonchev–Trinajstić information content (AvgIpc) is 2.13. The molecule has 6 heteroatoms. The molecule has 0 aromatic rings. The molecule has 0 unspecified atom stereocenters. The van der Waals surface area contributed by atoms with E-state index in [1.807, 2.05) is 0 Å². The maximum atomic E-state index is 11.5. The minimum atomic E-state index is -0.505. The zero-order valence-electron chi connectivity index (χ0n) is 11.5. The van der Waals surface area contributed by atoms with Crippen molar-refractivity contribution in [3.05, 3.63) is 0 Å². The van der Waals surface area contributed by atoms with E-state index < -0.39 is 11.7 Å². The Bertz CT molecular complexity index is 272. The number of nitrogens with zero attached hydrogens (tertiary/aromatic N) is 2. The summed E-state index contributed by atoms with van der Waals surface area (Å²) in [6.45, 7) is 6.21. The molecule has 0 atom stereocenters. The quantitative estimate of drug-likeness (QED) is 0.810. The molecule has 17 heavy (non-hydrogen) atoms. The second-order valence-electron chi connectivity index (χ2n) is 5.03. The third kappa shape index (κ3) is 7.43. The fraction of sp³-hybridized carbons (Fsp3) is 0.818. The molecule has 0 aliphatic carbocycles. The maximum Gasteiger partial charge on any atom is 0.407 e. The molecule has 0 aromatic carbocycles. The summed E-state index contributed by atoms with van der Waals surface area (Å²) in [5, 5.41) is 2.59. The van der Waals surface area contributed by atoms with Gasteiger partial charge in [-0.2, -0.15) is 0 Å². The molecule has 0 fully saturated rings. The fourth-order valence-electron chi connectivity index (χ4n) is 1.08. The minimum absolute atomic E-state index is 0.101. The van der Waals surface area contributed by atoms with Gasteiger partial charge in [0.15, 0.2) is 0 Å². The molecule has 6 nitrogen and oxygen atoms in total. The lowest BCUT2D eigenvalue weighted by Crippen LogP contribution is -2.42. The summed E-state index contributed by atoms with van der Waals surface area (Å²) in [6, 6.07) is -0.101. The molecule has 0 aliphatic heterocycles. The fourth-order valence-corrected chi connectivity index (χ4v) is 1.08. The summed E-state index contributed by atoms with van der Waals surface area (Å²) in [5.74, 6) is 0. The van der Waals surface area contributed by atoms with Crippen LogP contribution in [0.25, 0.3) is 0 Å². The van der Waals surface area contributed by atoms with Crippen LogP contribution in [-0.2, 0) is 4.74 Å². The third-order valence-electron chi connectivity index (χ3n) is 1.82. The lowest BCUT2D eigenvalue weighted by molar-refractivity contribution is 0.0524. The molecule has 0 saturated carbocycles. The number of alkyl carbamates (subject to hydrolysis) is 1. The predicted octanol–water partition coefficient (Wildman–Crippen LogP) is 1.12. The lowest BCUT2D eigenvalue weighted by Gasteiger charge is -2.23. The van der Waals surface area contributed by atoms with Gasteiger partial charge in [-0.3, -0.25) is 0 Å². The molecule has 0 aromatic heterocycles. The van der Waals surface area contributed by atoms with Crippen LogP contribution in [-0.4, -0.2) is 61.8 Å². The Labute approximate surface area is 103 Å². The van der Waals surface area contributed by atoms with Gasteiger partial charge in [-0.05, 0) is 20.8 Å². The van der Waals surface area contributed by atoms with Crippen molar-refractivity contribution < 1.29 is 14.3 Å². The smallest absolute Gasteiger partial charge is 0.407 e. The van der Waals surface area contributed by atoms with Crippen LogP contribution in [0.3, 0.4) is 0 Å². The van der Waals surface area contributed by atoms with Crippen molar-refractivity contribution in [2.75, 3.05) is 34.2 Å². The zero-order chi connectivity index (χ0) is 13.6. The number of hydrogen-bond acceptors (Lipinski definition) is 3. The van der Waals surface area contributed by atoms with Gasteiger partial charge in [-0.25, -0.2) is 9.59 Å². The first-order valence-electron chi connectivity index (χ1n) is 5.53. The first kappa shape index (κ1) is 15.5. The van der Waals surface area contributed by atoms with E-state index in [1.54, 1.807) is 41.9 Å². The second kappa shape index (κ2) is 6.32. The van der Waals surface area contributed by atoms with Gasteiger partial charge in [0.05, 0.1) is 0 Å². The van der Waals surface area contributed by atoms with Crippen LogP contribution in [0.2, 0.25) is 0 Å². The van der Waals surface area contributed by atoms with Crippen molar-refractivity contribution in [1.29, 1.82) is 0 Å². The van der Waals surface area contributed by atoms with Gasteiger partial charge in [0.2, 0.25) is 0 Å². The number of nitrogens with one attached hydrogen (secondary N) is 1. The molecule has 0 saturated heterocycles. The summed E-state index contributed by atoms with van der Waals surface area (Å²) >= 11 is 0. The lowest BCUT2D eigenvalue weighted by atomic mass is 10.2. The van der Waals surface area contributed by atoms with Gasteiger partial charge >= 0.3 is 12.1 Å². The van der Waals surface area contributed by atoms with Crippen LogP contribution >= 0.6 is 0 Å². The standard InChI is InChI=1S/C11H23N3O3/c1-11(2,3)17-9(15)12-7-8-14(6)10(16)13(4)5/h7-8H2,1-6H3,(H,12,15).